The average Bonchev–Trinajstić information content (AvgIpc) is 2.66. The summed E-state index contributed by atoms with van der Waals surface area (Å²) in [5, 5.41) is 0. The van der Waals surface area contributed by atoms with Gasteiger partial charge in [-0.3, -0.25) is 4.79 Å². The molecule has 0 aliphatic carbocycles. The van der Waals surface area contributed by atoms with Gasteiger partial charge in [-0.15, -0.1) is 0 Å². The fraction of sp³-hybridized carbons (Fsp3) is 0.960. The van der Waals surface area contributed by atoms with E-state index in [0.717, 1.165) is 11.0 Å². The predicted octanol–water partition coefficient (Wildman–Crippen LogP) is 4.28. The normalized spacial score (nSPS) is 11.3. The molecule has 0 aromatic heterocycles. The number of likely N-dealkylation sites (N-methyl/N-ethyl adjacent to an activating group) is 1. The number of carbonyl (C=O) groups is 1. The van der Waals surface area contributed by atoms with Crippen LogP contribution in [0.4, 0.5) is 0 Å². The van der Waals surface area contributed by atoms with Crippen molar-refractivity contribution in [2.75, 3.05) is 33.3 Å². The average molecular weight is 434 g/mol. The van der Waals surface area contributed by atoms with Gasteiger partial charge in [0, 0.05) is 6.92 Å². The van der Waals surface area contributed by atoms with Crippen molar-refractivity contribution in [2.24, 2.45) is 0 Å². The number of halogens is 1. The maximum Gasteiger partial charge on any atom is 0.302 e. The molecule has 0 aliphatic heterocycles. The lowest BCUT2D eigenvalue weighted by Gasteiger charge is -2.34. The number of nitrogens with zero attached hydrogens (tertiary/aromatic N) is 1. The summed E-state index contributed by atoms with van der Waals surface area (Å²) >= 11 is 0. The van der Waals surface area contributed by atoms with Crippen LogP contribution in [0.15, 0.2) is 0 Å². The molecule has 0 amide bonds. The highest BCUT2D eigenvalue weighted by molar-refractivity contribution is 5.65. The second kappa shape index (κ2) is 22.4. The molecule has 0 unspecified atom stereocenters. The van der Waals surface area contributed by atoms with Crippen LogP contribution in [0.3, 0.4) is 0 Å². The molecule has 0 aromatic rings. The van der Waals surface area contributed by atoms with Gasteiger partial charge in [-0.1, -0.05) is 90.9 Å². The van der Waals surface area contributed by atoms with Gasteiger partial charge < -0.3 is 21.6 Å². The summed E-state index contributed by atoms with van der Waals surface area (Å²) in [6.45, 7) is 10.1. The van der Waals surface area contributed by atoms with Gasteiger partial charge in [0.15, 0.2) is 0 Å². The SMILES string of the molecule is CCCCCCCCCC[N+](C)(CCCCCCCCCC)CCOC(C)=O.[Cl-]. The minimum Gasteiger partial charge on any atom is -1.00 e. The fourth-order valence-corrected chi connectivity index (χ4v) is 4.00. The van der Waals surface area contributed by atoms with E-state index >= 15 is 0 Å². The van der Waals surface area contributed by atoms with Gasteiger partial charge in [0.2, 0.25) is 0 Å². The first-order chi connectivity index (χ1) is 13.5. The van der Waals surface area contributed by atoms with Crippen molar-refractivity contribution in [3.8, 4) is 0 Å². The van der Waals surface area contributed by atoms with Gasteiger partial charge >= 0.3 is 5.97 Å². The number of rotatable bonds is 21. The van der Waals surface area contributed by atoms with Crippen LogP contribution >= 0.6 is 0 Å². The Balaban J connectivity index is 0. The Hall–Kier alpha value is -0.280. The molecular weight excluding hydrogens is 382 g/mol. The summed E-state index contributed by atoms with van der Waals surface area (Å²) in [5.74, 6) is -0.147. The largest absolute Gasteiger partial charge is 1.00 e. The number of carbonyl (C=O) groups excluding carboxylic acids is 1. The van der Waals surface area contributed by atoms with Crippen molar-refractivity contribution in [1.82, 2.24) is 0 Å². The van der Waals surface area contributed by atoms with Gasteiger partial charge in [0.25, 0.3) is 0 Å². The Morgan fingerprint density at radius 1 is 0.621 bits per heavy atom. The van der Waals surface area contributed by atoms with Gasteiger partial charge in [-0.2, -0.15) is 0 Å². The second-order valence-electron chi connectivity index (χ2n) is 9.08. The fourth-order valence-electron chi connectivity index (χ4n) is 4.00. The smallest absolute Gasteiger partial charge is 0.302 e. The molecule has 0 saturated heterocycles. The van der Waals surface area contributed by atoms with Crippen LogP contribution in [0, 0.1) is 0 Å². The monoisotopic (exact) mass is 433 g/mol. The molecule has 0 fully saturated rings. The lowest BCUT2D eigenvalue weighted by Crippen LogP contribution is -3.00. The van der Waals surface area contributed by atoms with E-state index in [1.165, 1.54) is 123 Å². The molecule has 0 bridgehead atoms. The Bertz CT molecular complexity index is 330. The third-order valence-electron chi connectivity index (χ3n) is 6.04. The van der Waals surface area contributed by atoms with Crippen molar-refractivity contribution in [1.29, 1.82) is 0 Å². The predicted molar refractivity (Wildman–Crippen MR) is 123 cm³/mol. The van der Waals surface area contributed by atoms with E-state index in [0.29, 0.717) is 6.61 Å². The third kappa shape index (κ3) is 22.2. The highest BCUT2D eigenvalue weighted by Crippen LogP contribution is 2.14. The van der Waals surface area contributed by atoms with Crippen LogP contribution in [-0.4, -0.2) is 43.7 Å². The van der Waals surface area contributed by atoms with Crippen molar-refractivity contribution in [3.63, 3.8) is 0 Å². The van der Waals surface area contributed by atoms with Crippen molar-refractivity contribution in [2.45, 2.75) is 124 Å². The molecule has 0 spiro atoms. The van der Waals surface area contributed by atoms with E-state index in [1.54, 1.807) is 0 Å². The number of unbranched alkanes of at least 4 members (excludes halogenated alkanes) is 14. The Morgan fingerprint density at radius 2 is 0.966 bits per heavy atom. The van der Waals surface area contributed by atoms with Gasteiger partial charge in [0.1, 0.15) is 13.2 Å². The Morgan fingerprint density at radius 3 is 1.31 bits per heavy atom. The minimum atomic E-state index is -0.147. The lowest BCUT2D eigenvalue weighted by atomic mass is 10.1. The van der Waals surface area contributed by atoms with Crippen LogP contribution < -0.4 is 12.4 Å². The van der Waals surface area contributed by atoms with E-state index < -0.39 is 0 Å². The van der Waals surface area contributed by atoms with Gasteiger partial charge in [-0.05, 0) is 25.7 Å². The van der Waals surface area contributed by atoms with E-state index in [4.69, 9.17) is 4.74 Å². The summed E-state index contributed by atoms with van der Waals surface area (Å²) in [6, 6.07) is 0. The maximum absolute atomic E-state index is 11.1. The first-order valence-corrected chi connectivity index (χ1v) is 12.5. The van der Waals surface area contributed by atoms with E-state index in [2.05, 4.69) is 20.9 Å². The molecule has 0 radical (unpaired) electrons. The van der Waals surface area contributed by atoms with Crippen LogP contribution in [0.2, 0.25) is 0 Å². The van der Waals surface area contributed by atoms with Crippen LogP contribution in [0.25, 0.3) is 0 Å². The third-order valence-corrected chi connectivity index (χ3v) is 6.04. The van der Waals surface area contributed by atoms with Crippen molar-refractivity contribution >= 4 is 5.97 Å². The molecule has 0 heterocycles. The number of esters is 1. The number of hydrogen-bond acceptors (Lipinski definition) is 2. The Kier molecular flexibility index (Phi) is 23.9. The van der Waals surface area contributed by atoms with E-state index in [9.17, 15) is 4.79 Å². The molecular formula is C25H52ClNO2. The first-order valence-electron chi connectivity index (χ1n) is 12.5. The minimum absolute atomic E-state index is 0. The topological polar surface area (TPSA) is 26.3 Å². The van der Waals surface area contributed by atoms with E-state index in [1.807, 2.05) is 0 Å². The summed E-state index contributed by atoms with van der Waals surface area (Å²) < 4.78 is 6.32. The van der Waals surface area contributed by atoms with Crippen LogP contribution in [-0.2, 0) is 9.53 Å². The quantitative estimate of drug-likeness (QED) is 0.153. The summed E-state index contributed by atoms with van der Waals surface area (Å²) in [5.41, 5.74) is 0. The first kappa shape index (κ1) is 30.9. The van der Waals surface area contributed by atoms with Crippen molar-refractivity contribution < 1.29 is 26.4 Å². The molecule has 0 aromatic carbocycles. The van der Waals surface area contributed by atoms with Gasteiger partial charge in [0.05, 0.1) is 20.1 Å². The number of hydrogen-bond donors (Lipinski definition) is 0. The standard InChI is InChI=1S/C25H52NO2.ClH/c1-5-7-9-11-13-15-17-19-21-26(4,23-24-28-25(3)27)22-20-18-16-14-12-10-8-6-2;/h5-24H2,1-4H3;1H/q+1;/p-1. The van der Waals surface area contributed by atoms with Crippen molar-refractivity contribution in [3.05, 3.63) is 0 Å². The van der Waals surface area contributed by atoms with Crippen LogP contribution in [0.1, 0.15) is 124 Å². The summed E-state index contributed by atoms with van der Waals surface area (Å²) in [7, 11) is 2.37. The van der Waals surface area contributed by atoms with E-state index in [-0.39, 0.29) is 18.4 Å². The molecule has 3 nitrogen and oxygen atoms in total. The maximum atomic E-state index is 11.1. The number of ether oxygens (including phenoxy) is 1. The van der Waals surface area contributed by atoms with Gasteiger partial charge in [-0.25, -0.2) is 0 Å². The molecule has 4 heteroatoms. The zero-order chi connectivity index (χ0) is 20.9. The lowest BCUT2D eigenvalue weighted by molar-refractivity contribution is -0.910. The Labute approximate surface area is 189 Å². The summed E-state index contributed by atoms with van der Waals surface area (Å²) in [4.78, 5) is 11.1. The molecule has 29 heavy (non-hydrogen) atoms. The number of quaternary nitrogens is 1. The van der Waals surface area contributed by atoms with Crippen LogP contribution in [0.5, 0.6) is 0 Å². The molecule has 0 rings (SSSR count). The molecule has 0 atom stereocenters. The zero-order valence-corrected chi connectivity index (χ0v) is 21.0. The second-order valence-corrected chi connectivity index (χ2v) is 9.08. The highest BCUT2D eigenvalue weighted by atomic mass is 35.5. The molecule has 176 valence electrons. The zero-order valence-electron chi connectivity index (χ0n) is 20.3. The highest BCUT2D eigenvalue weighted by Gasteiger charge is 2.21. The molecule has 0 N–H and O–H groups in total. The molecule has 0 aliphatic rings. The summed E-state index contributed by atoms with van der Waals surface area (Å²) in [6.07, 6.45) is 22.0. The molecule has 0 saturated carbocycles.